The molecule has 0 aliphatic heterocycles. The molecular weight excluding hydrogens is 256 g/mol. The van der Waals surface area contributed by atoms with Gasteiger partial charge in [-0.25, -0.2) is 0 Å². The fraction of sp³-hybridized carbons (Fsp3) is 0.214. The Kier molecular flexibility index (Phi) is 3.84. The number of aryl methyl sites for hydroxylation is 2. The molecule has 0 spiro atoms. The summed E-state index contributed by atoms with van der Waals surface area (Å²) in [5.74, 6) is -0.258. The van der Waals surface area contributed by atoms with Gasteiger partial charge in [-0.3, -0.25) is 9.48 Å². The van der Waals surface area contributed by atoms with Crippen molar-refractivity contribution in [1.29, 1.82) is 0 Å². The second kappa shape index (κ2) is 5.56. The molecule has 6 nitrogen and oxygen atoms in total. The predicted octanol–water partition coefficient (Wildman–Crippen LogP) is 2.18. The van der Waals surface area contributed by atoms with Gasteiger partial charge in [0.15, 0.2) is 0 Å². The number of amides is 1. The third kappa shape index (κ3) is 2.69. The Hall–Kier alpha value is -2.63. The van der Waals surface area contributed by atoms with Crippen LogP contribution < -0.4 is 5.32 Å². The van der Waals surface area contributed by atoms with Crippen LogP contribution in [0, 0.1) is 6.92 Å². The Balaban J connectivity index is 2.31. The Labute approximate surface area is 116 Å². The molecule has 2 rings (SSSR count). The fourth-order valence-corrected chi connectivity index (χ4v) is 1.97. The van der Waals surface area contributed by atoms with Gasteiger partial charge in [0, 0.05) is 12.6 Å². The first kappa shape index (κ1) is 13.8. The Morgan fingerprint density at radius 2 is 2.10 bits per heavy atom. The van der Waals surface area contributed by atoms with E-state index in [4.69, 9.17) is 5.21 Å². The molecule has 0 atom stereocenters. The van der Waals surface area contributed by atoms with Gasteiger partial charge in [-0.05, 0) is 26.0 Å². The molecule has 1 aromatic heterocycles. The molecule has 6 heteroatoms. The molecule has 0 fully saturated rings. The van der Waals surface area contributed by atoms with Crippen LogP contribution in [0.2, 0.25) is 0 Å². The van der Waals surface area contributed by atoms with Crippen LogP contribution in [0.1, 0.15) is 28.7 Å². The summed E-state index contributed by atoms with van der Waals surface area (Å²) in [6.45, 7) is 3.49. The third-order valence-corrected chi connectivity index (χ3v) is 2.95. The lowest BCUT2D eigenvalue weighted by molar-refractivity contribution is 0.101. The lowest BCUT2D eigenvalue weighted by Crippen LogP contribution is -2.17. The zero-order chi connectivity index (χ0) is 14.7. The van der Waals surface area contributed by atoms with Gasteiger partial charge >= 0.3 is 0 Å². The van der Waals surface area contributed by atoms with Crippen molar-refractivity contribution in [3.63, 3.8) is 0 Å². The van der Waals surface area contributed by atoms with Crippen LogP contribution in [0.15, 0.2) is 35.5 Å². The normalized spacial score (nSPS) is 11.4. The van der Waals surface area contributed by atoms with Crippen LogP contribution in [-0.2, 0) is 7.05 Å². The summed E-state index contributed by atoms with van der Waals surface area (Å²) < 4.78 is 1.53. The standard InChI is InChI=1S/C14H16N4O2/c1-9-8-13(18(3)16-9)14(19)15-12-7-5-4-6-11(12)10(2)17-20/h4-8,20H,1-3H3,(H,15,19). The Bertz CT molecular complexity index is 674. The average Bonchev–Trinajstić information content (AvgIpc) is 2.77. The maximum Gasteiger partial charge on any atom is 0.273 e. The van der Waals surface area contributed by atoms with Crippen LogP contribution in [0.25, 0.3) is 0 Å². The van der Waals surface area contributed by atoms with E-state index in [9.17, 15) is 4.79 Å². The van der Waals surface area contributed by atoms with Gasteiger partial charge < -0.3 is 10.5 Å². The van der Waals surface area contributed by atoms with E-state index in [1.165, 1.54) is 4.68 Å². The number of anilines is 1. The van der Waals surface area contributed by atoms with Gasteiger partial charge in [0.05, 0.1) is 17.1 Å². The maximum absolute atomic E-state index is 12.2. The summed E-state index contributed by atoms with van der Waals surface area (Å²) in [6.07, 6.45) is 0. The zero-order valence-corrected chi connectivity index (χ0v) is 11.6. The lowest BCUT2D eigenvalue weighted by atomic mass is 10.1. The molecule has 0 aliphatic rings. The smallest absolute Gasteiger partial charge is 0.273 e. The second-order valence-electron chi connectivity index (χ2n) is 4.48. The number of rotatable bonds is 3. The van der Waals surface area contributed by atoms with E-state index >= 15 is 0 Å². The summed E-state index contributed by atoms with van der Waals surface area (Å²) in [6, 6.07) is 8.86. The van der Waals surface area contributed by atoms with Crippen molar-refractivity contribution in [2.45, 2.75) is 13.8 Å². The Morgan fingerprint density at radius 1 is 1.40 bits per heavy atom. The minimum Gasteiger partial charge on any atom is -0.411 e. The minimum atomic E-state index is -0.258. The quantitative estimate of drug-likeness (QED) is 0.510. The Morgan fingerprint density at radius 3 is 2.70 bits per heavy atom. The van der Waals surface area contributed by atoms with Gasteiger partial charge in [0.2, 0.25) is 0 Å². The van der Waals surface area contributed by atoms with E-state index in [2.05, 4.69) is 15.6 Å². The number of nitrogens with zero attached hydrogens (tertiary/aromatic N) is 3. The van der Waals surface area contributed by atoms with Crippen molar-refractivity contribution in [3.05, 3.63) is 47.3 Å². The molecule has 2 aromatic rings. The van der Waals surface area contributed by atoms with E-state index in [0.717, 1.165) is 5.69 Å². The first-order chi connectivity index (χ1) is 9.52. The third-order valence-electron chi connectivity index (χ3n) is 2.95. The molecule has 2 N–H and O–H groups in total. The number of hydrogen-bond donors (Lipinski definition) is 2. The molecule has 1 aromatic carbocycles. The number of para-hydroxylation sites is 1. The van der Waals surface area contributed by atoms with Crippen molar-refractivity contribution in [1.82, 2.24) is 9.78 Å². The van der Waals surface area contributed by atoms with E-state index in [0.29, 0.717) is 22.7 Å². The van der Waals surface area contributed by atoms with Crippen LogP contribution in [0.4, 0.5) is 5.69 Å². The number of aromatic nitrogens is 2. The molecule has 0 radical (unpaired) electrons. The van der Waals surface area contributed by atoms with Gasteiger partial charge in [0.25, 0.3) is 5.91 Å². The van der Waals surface area contributed by atoms with Gasteiger partial charge in [0.1, 0.15) is 5.69 Å². The highest BCUT2D eigenvalue weighted by Gasteiger charge is 2.14. The van der Waals surface area contributed by atoms with E-state index in [1.807, 2.05) is 13.0 Å². The predicted molar refractivity (Wildman–Crippen MR) is 76.3 cm³/mol. The molecule has 0 aliphatic carbocycles. The van der Waals surface area contributed by atoms with Gasteiger partial charge in [-0.2, -0.15) is 5.10 Å². The number of carbonyl (C=O) groups is 1. The summed E-state index contributed by atoms with van der Waals surface area (Å²) in [5.41, 5.74) is 2.94. The van der Waals surface area contributed by atoms with Crippen molar-refractivity contribution in [2.75, 3.05) is 5.32 Å². The van der Waals surface area contributed by atoms with Crippen molar-refractivity contribution in [3.8, 4) is 0 Å². The van der Waals surface area contributed by atoms with E-state index in [-0.39, 0.29) is 5.91 Å². The first-order valence-electron chi connectivity index (χ1n) is 6.13. The molecule has 1 amide bonds. The molecule has 0 saturated heterocycles. The summed E-state index contributed by atoms with van der Waals surface area (Å²) in [7, 11) is 1.72. The number of carbonyl (C=O) groups excluding carboxylic acids is 1. The SMILES string of the molecule is CC(=NO)c1ccccc1NC(=O)c1cc(C)nn1C. The van der Waals surface area contributed by atoms with Crippen molar-refractivity contribution in [2.24, 2.45) is 12.2 Å². The molecule has 0 bridgehead atoms. The number of nitrogens with one attached hydrogen (secondary N) is 1. The van der Waals surface area contributed by atoms with Crippen LogP contribution in [0.5, 0.6) is 0 Å². The fourth-order valence-electron chi connectivity index (χ4n) is 1.97. The minimum absolute atomic E-state index is 0.258. The summed E-state index contributed by atoms with van der Waals surface area (Å²) in [5, 5.41) is 19.0. The summed E-state index contributed by atoms with van der Waals surface area (Å²) >= 11 is 0. The second-order valence-corrected chi connectivity index (χ2v) is 4.48. The highest BCUT2D eigenvalue weighted by atomic mass is 16.4. The number of hydrogen-bond acceptors (Lipinski definition) is 4. The summed E-state index contributed by atoms with van der Waals surface area (Å²) in [4.78, 5) is 12.2. The van der Waals surface area contributed by atoms with E-state index < -0.39 is 0 Å². The molecule has 1 heterocycles. The maximum atomic E-state index is 12.2. The van der Waals surface area contributed by atoms with E-state index in [1.54, 1.807) is 38.2 Å². The topological polar surface area (TPSA) is 79.5 Å². The molecule has 0 saturated carbocycles. The number of oxime groups is 1. The van der Waals surface area contributed by atoms with Crippen molar-refractivity contribution >= 4 is 17.3 Å². The first-order valence-corrected chi connectivity index (χ1v) is 6.13. The number of benzene rings is 1. The van der Waals surface area contributed by atoms with Crippen LogP contribution in [-0.4, -0.2) is 26.6 Å². The van der Waals surface area contributed by atoms with Crippen LogP contribution in [0.3, 0.4) is 0 Å². The van der Waals surface area contributed by atoms with Gasteiger partial charge in [-0.1, -0.05) is 23.4 Å². The van der Waals surface area contributed by atoms with Crippen molar-refractivity contribution < 1.29 is 10.0 Å². The van der Waals surface area contributed by atoms with Gasteiger partial charge in [-0.15, -0.1) is 0 Å². The molecule has 104 valence electrons. The molecule has 20 heavy (non-hydrogen) atoms. The highest BCUT2D eigenvalue weighted by Crippen LogP contribution is 2.17. The lowest BCUT2D eigenvalue weighted by Gasteiger charge is -2.10. The van der Waals surface area contributed by atoms with Crippen LogP contribution >= 0.6 is 0 Å². The molecular formula is C14H16N4O2. The largest absolute Gasteiger partial charge is 0.411 e. The zero-order valence-electron chi connectivity index (χ0n) is 11.6. The average molecular weight is 272 g/mol. The molecule has 0 unspecified atom stereocenters. The highest BCUT2D eigenvalue weighted by molar-refractivity contribution is 6.09. The monoisotopic (exact) mass is 272 g/mol.